The molecule has 0 bridgehead atoms. The summed E-state index contributed by atoms with van der Waals surface area (Å²) in [6.45, 7) is 0. The Hall–Kier alpha value is -3.08. The van der Waals surface area contributed by atoms with E-state index < -0.39 is 11.5 Å². The molecule has 3 N–H and O–H groups in total. The van der Waals surface area contributed by atoms with E-state index in [1.165, 1.54) is 6.07 Å². The third-order valence-corrected chi connectivity index (χ3v) is 2.70. The molecular formula is C16H14N2O3. The molecule has 0 aliphatic carbocycles. The first kappa shape index (κ1) is 14.3. The number of fused-ring (bicyclic) bond motifs is 1. The molecule has 2 heterocycles. The average molecular weight is 282 g/mol. The Labute approximate surface area is 120 Å². The number of aromatic carboxylic acids is 1. The Morgan fingerprint density at radius 2 is 1.67 bits per heavy atom. The Balaban J connectivity index is 0.000000194. The molecule has 0 saturated heterocycles. The van der Waals surface area contributed by atoms with Crippen LogP contribution >= 0.6 is 0 Å². The van der Waals surface area contributed by atoms with Crippen molar-refractivity contribution >= 4 is 16.9 Å². The lowest BCUT2D eigenvalue weighted by atomic mass is 10.1. The molecule has 1 aliphatic heterocycles. The van der Waals surface area contributed by atoms with E-state index >= 15 is 0 Å². The fraction of sp³-hybridized carbons (Fsp3) is 0. The molecule has 0 atom stereocenters. The molecule has 0 spiro atoms. The van der Waals surface area contributed by atoms with Gasteiger partial charge in [0, 0.05) is 17.9 Å². The first-order valence-electron chi connectivity index (χ1n) is 6.28. The quantitative estimate of drug-likeness (QED) is 0.750. The minimum absolute atomic E-state index is 0.233. The highest BCUT2D eigenvalue weighted by Gasteiger charge is 2.08. The number of carbonyl (C=O) groups is 1. The van der Waals surface area contributed by atoms with E-state index in [1.54, 1.807) is 24.3 Å². The molecule has 21 heavy (non-hydrogen) atoms. The standard InChI is InChI=1S/C10H7NO3.C6H7N/c12-9-7(10(13)14)5-6-3-1-2-4-8(6)11-9;1-2-4-6-7-5-3-1/h1-5H,(H,11,12)(H,13,14);1-7H. The van der Waals surface area contributed by atoms with E-state index in [4.69, 9.17) is 5.11 Å². The Morgan fingerprint density at radius 3 is 2.33 bits per heavy atom. The summed E-state index contributed by atoms with van der Waals surface area (Å²) in [5, 5.41) is 12.3. The van der Waals surface area contributed by atoms with Crippen LogP contribution in [-0.4, -0.2) is 16.1 Å². The van der Waals surface area contributed by atoms with Gasteiger partial charge in [0.05, 0.1) is 0 Å². The number of hydrogen-bond acceptors (Lipinski definition) is 3. The minimum Gasteiger partial charge on any atom is -0.477 e. The summed E-state index contributed by atoms with van der Waals surface area (Å²) >= 11 is 0. The summed E-state index contributed by atoms with van der Waals surface area (Å²) in [7, 11) is 0. The summed E-state index contributed by atoms with van der Waals surface area (Å²) in [5.41, 5.74) is -0.164. The van der Waals surface area contributed by atoms with Crippen molar-refractivity contribution in [3.8, 4) is 0 Å². The van der Waals surface area contributed by atoms with Gasteiger partial charge in [-0.2, -0.15) is 0 Å². The molecule has 5 heteroatoms. The van der Waals surface area contributed by atoms with Crippen LogP contribution in [0.5, 0.6) is 0 Å². The maximum atomic E-state index is 11.2. The van der Waals surface area contributed by atoms with Crippen LogP contribution in [0.25, 0.3) is 10.9 Å². The van der Waals surface area contributed by atoms with E-state index in [-0.39, 0.29) is 5.56 Å². The molecule has 0 saturated carbocycles. The van der Waals surface area contributed by atoms with Crippen molar-refractivity contribution < 1.29 is 9.90 Å². The largest absolute Gasteiger partial charge is 0.477 e. The third kappa shape index (κ3) is 3.94. The van der Waals surface area contributed by atoms with Gasteiger partial charge in [-0.15, -0.1) is 0 Å². The number of hydrogen-bond donors (Lipinski definition) is 3. The molecule has 1 aromatic heterocycles. The monoisotopic (exact) mass is 282 g/mol. The number of aromatic nitrogens is 1. The summed E-state index contributed by atoms with van der Waals surface area (Å²) in [6.07, 6.45) is 11.6. The Bertz CT molecular complexity index is 771. The first-order chi connectivity index (χ1) is 10.2. The van der Waals surface area contributed by atoms with Gasteiger partial charge in [0.25, 0.3) is 5.56 Å². The fourth-order valence-electron chi connectivity index (χ4n) is 1.71. The number of rotatable bonds is 1. The topological polar surface area (TPSA) is 82.2 Å². The zero-order chi connectivity index (χ0) is 15.1. The van der Waals surface area contributed by atoms with Crippen molar-refractivity contribution in [1.82, 2.24) is 10.3 Å². The predicted molar refractivity (Wildman–Crippen MR) is 82.1 cm³/mol. The van der Waals surface area contributed by atoms with Crippen LogP contribution in [0, 0.1) is 0 Å². The van der Waals surface area contributed by atoms with Gasteiger partial charge in [-0.25, -0.2) is 4.79 Å². The van der Waals surface area contributed by atoms with Crippen LogP contribution in [0.4, 0.5) is 0 Å². The Kier molecular flexibility index (Phi) is 4.71. The second kappa shape index (κ2) is 6.91. The number of carboxylic acid groups (broad SMARTS) is 1. The van der Waals surface area contributed by atoms with Crippen LogP contribution < -0.4 is 10.9 Å². The first-order valence-corrected chi connectivity index (χ1v) is 6.28. The van der Waals surface area contributed by atoms with Gasteiger partial charge < -0.3 is 15.4 Å². The van der Waals surface area contributed by atoms with E-state index in [9.17, 15) is 9.59 Å². The van der Waals surface area contributed by atoms with Gasteiger partial charge in [0.1, 0.15) is 5.56 Å². The summed E-state index contributed by atoms with van der Waals surface area (Å²) in [5.74, 6) is -1.21. The molecule has 3 rings (SSSR count). The van der Waals surface area contributed by atoms with E-state index in [2.05, 4.69) is 10.3 Å². The van der Waals surface area contributed by atoms with Crippen LogP contribution in [-0.2, 0) is 0 Å². The molecule has 0 amide bonds. The molecule has 1 aromatic carbocycles. The van der Waals surface area contributed by atoms with Crippen molar-refractivity contribution in [2.24, 2.45) is 0 Å². The van der Waals surface area contributed by atoms with Gasteiger partial charge in [0.2, 0.25) is 0 Å². The molecule has 5 nitrogen and oxygen atoms in total. The maximum Gasteiger partial charge on any atom is 0.341 e. The van der Waals surface area contributed by atoms with Gasteiger partial charge in [0.15, 0.2) is 0 Å². The normalized spacial score (nSPS) is 12.2. The second-order valence-electron chi connectivity index (χ2n) is 4.17. The van der Waals surface area contributed by atoms with E-state index in [0.29, 0.717) is 10.9 Å². The zero-order valence-electron chi connectivity index (χ0n) is 11.1. The number of nitrogens with one attached hydrogen (secondary N) is 2. The molecule has 0 radical (unpaired) electrons. The smallest absolute Gasteiger partial charge is 0.341 e. The minimum atomic E-state index is -1.21. The fourth-order valence-corrected chi connectivity index (χ4v) is 1.71. The predicted octanol–water partition coefficient (Wildman–Crippen LogP) is 2.40. The highest BCUT2D eigenvalue weighted by atomic mass is 16.4. The number of allylic oxidation sites excluding steroid dienone is 4. The van der Waals surface area contributed by atoms with Crippen molar-refractivity contribution in [2.45, 2.75) is 0 Å². The number of benzene rings is 1. The molecular weight excluding hydrogens is 268 g/mol. The SMILES string of the molecule is C1=CC=CNC=C1.O=C(O)c1cc2ccccc2[nH]c1=O. The lowest BCUT2D eigenvalue weighted by Crippen LogP contribution is -2.16. The number of H-pyrrole nitrogens is 1. The molecule has 2 aromatic rings. The number of para-hydroxylation sites is 1. The lowest BCUT2D eigenvalue weighted by molar-refractivity contribution is 0.0695. The highest BCUT2D eigenvalue weighted by molar-refractivity contribution is 5.92. The van der Waals surface area contributed by atoms with Crippen molar-refractivity contribution in [1.29, 1.82) is 0 Å². The lowest BCUT2D eigenvalue weighted by Gasteiger charge is -1.98. The third-order valence-electron chi connectivity index (χ3n) is 2.70. The summed E-state index contributed by atoms with van der Waals surface area (Å²) in [6, 6.07) is 8.40. The molecule has 0 fully saturated rings. The zero-order valence-corrected chi connectivity index (χ0v) is 11.1. The van der Waals surface area contributed by atoms with Crippen molar-refractivity contribution in [3.05, 3.63) is 83.0 Å². The van der Waals surface area contributed by atoms with Crippen LogP contribution in [0.1, 0.15) is 10.4 Å². The molecule has 106 valence electrons. The van der Waals surface area contributed by atoms with E-state index in [1.807, 2.05) is 36.7 Å². The van der Waals surface area contributed by atoms with Crippen LogP contribution in [0.3, 0.4) is 0 Å². The Morgan fingerprint density at radius 1 is 1.00 bits per heavy atom. The van der Waals surface area contributed by atoms with Gasteiger partial charge >= 0.3 is 5.97 Å². The summed E-state index contributed by atoms with van der Waals surface area (Å²) in [4.78, 5) is 24.4. The van der Waals surface area contributed by atoms with E-state index in [0.717, 1.165) is 0 Å². The second-order valence-corrected chi connectivity index (χ2v) is 4.17. The number of pyridine rings is 1. The van der Waals surface area contributed by atoms with Crippen LogP contribution in [0.2, 0.25) is 0 Å². The summed E-state index contributed by atoms with van der Waals surface area (Å²) < 4.78 is 0. The average Bonchev–Trinajstić information content (AvgIpc) is 2.79. The maximum absolute atomic E-state index is 11.2. The number of carboxylic acids is 1. The molecule has 0 unspecified atom stereocenters. The van der Waals surface area contributed by atoms with Gasteiger partial charge in [-0.05, 0) is 29.7 Å². The molecule has 1 aliphatic rings. The van der Waals surface area contributed by atoms with Crippen molar-refractivity contribution in [2.75, 3.05) is 0 Å². The van der Waals surface area contributed by atoms with Crippen molar-refractivity contribution in [3.63, 3.8) is 0 Å². The highest BCUT2D eigenvalue weighted by Crippen LogP contribution is 2.09. The van der Waals surface area contributed by atoms with Gasteiger partial charge in [-0.3, -0.25) is 4.79 Å². The van der Waals surface area contributed by atoms with Gasteiger partial charge in [-0.1, -0.05) is 30.4 Å². The van der Waals surface area contributed by atoms with Crippen LogP contribution in [0.15, 0.2) is 71.8 Å². The number of aromatic amines is 1.